The van der Waals surface area contributed by atoms with Crippen LogP contribution in [0, 0.1) is 20.8 Å². The van der Waals surface area contributed by atoms with Crippen molar-refractivity contribution in [3.8, 4) is 0 Å². The van der Waals surface area contributed by atoms with Crippen molar-refractivity contribution >= 4 is 40.7 Å². The first kappa shape index (κ1) is 27.4. The van der Waals surface area contributed by atoms with Crippen molar-refractivity contribution < 1.29 is 15.6 Å². The summed E-state index contributed by atoms with van der Waals surface area (Å²) >= 11 is -6.02. The summed E-state index contributed by atoms with van der Waals surface area (Å²) in [5, 5.41) is 0. The van der Waals surface area contributed by atoms with Crippen LogP contribution in [0.5, 0.6) is 0 Å². The van der Waals surface area contributed by atoms with Crippen LogP contribution in [0.1, 0.15) is 37.4 Å². The third-order valence-electron chi connectivity index (χ3n) is 6.95. The van der Waals surface area contributed by atoms with Crippen LogP contribution in [0.15, 0.2) is 133 Å². The van der Waals surface area contributed by atoms with E-state index in [0.717, 1.165) is 16.7 Å². The van der Waals surface area contributed by atoms with Gasteiger partial charge >= 0.3 is 238 Å². The molecule has 5 aromatic rings. The molecule has 0 aliphatic carbocycles. The SMILES string of the molecule is Cc1ccc[c]([Sb]([O]C(=O)c2ccccc2)([O]C(=O)c2ccccc2)([c]2cccc(C)c2)[c]2cccc(C)c2)c1. The van der Waals surface area contributed by atoms with Gasteiger partial charge in [0.15, 0.2) is 0 Å². The van der Waals surface area contributed by atoms with Crippen molar-refractivity contribution in [2.45, 2.75) is 20.8 Å². The second kappa shape index (κ2) is 11.2. The van der Waals surface area contributed by atoms with Gasteiger partial charge in [-0.3, -0.25) is 0 Å². The molecule has 0 aliphatic heterocycles. The van der Waals surface area contributed by atoms with Gasteiger partial charge in [0.05, 0.1) is 0 Å². The normalized spacial score (nSPS) is 12.1. The molecule has 0 unspecified atom stereocenters. The second-order valence-corrected chi connectivity index (χ2v) is 20.9. The summed E-state index contributed by atoms with van der Waals surface area (Å²) in [6.07, 6.45) is 0. The number of rotatable bonds is 7. The Labute approximate surface area is 237 Å². The zero-order valence-electron chi connectivity index (χ0n) is 22.8. The fourth-order valence-electron chi connectivity index (χ4n) is 4.99. The van der Waals surface area contributed by atoms with Gasteiger partial charge in [-0.1, -0.05) is 0 Å². The monoisotopic (exact) mass is 636 g/mol. The van der Waals surface area contributed by atoms with Crippen LogP contribution in [0.3, 0.4) is 0 Å². The van der Waals surface area contributed by atoms with E-state index in [9.17, 15) is 9.59 Å². The fourth-order valence-corrected chi connectivity index (χ4v) is 18.7. The molecule has 0 aliphatic rings. The fraction of sp³-hybridized carbons (Fsp3) is 0.0857. The van der Waals surface area contributed by atoms with Gasteiger partial charge in [0, 0.05) is 0 Å². The maximum atomic E-state index is 14.2. The van der Waals surface area contributed by atoms with Crippen molar-refractivity contribution in [2.75, 3.05) is 0 Å². The summed E-state index contributed by atoms with van der Waals surface area (Å²) in [6.45, 7) is 5.95. The van der Waals surface area contributed by atoms with Crippen molar-refractivity contribution in [3.05, 3.63) is 161 Å². The molecular formula is C35H31O4Sb. The molecule has 0 radical (unpaired) electrons. The van der Waals surface area contributed by atoms with Crippen LogP contribution in [0.25, 0.3) is 0 Å². The Morgan fingerprint density at radius 2 is 0.775 bits per heavy atom. The Kier molecular flexibility index (Phi) is 7.65. The van der Waals surface area contributed by atoms with Crippen molar-refractivity contribution in [2.24, 2.45) is 0 Å². The van der Waals surface area contributed by atoms with Crippen LogP contribution in [0.2, 0.25) is 0 Å². The molecule has 40 heavy (non-hydrogen) atoms. The van der Waals surface area contributed by atoms with Crippen LogP contribution in [0.4, 0.5) is 0 Å². The van der Waals surface area contributed by atoms with E-state index in [2.05, 4.69) is 0 Å². The Bertz CT molecular complexity index is 1510. The molecule has 0 amide bonds. The second-order valence-electron chi connectivity index (χ2n) is 9.96. The first-order valence-electron chi connectivity index (χ1n) is 13.1. The first-order chi connectivity index (χ1) is 19.3. The molecule has 5 rings (SSSR count). The Balaban J connectivity index is 1.95. The van der Waals surface area contributed by atoms with Gasteiger partial charge in [0.2, 0.25) is 0 Å². The van der Waals surface area contributed by atoms with E-state index < -0.39 is 30.2 Å². The zero-order valence-corrected chi connectivity index (χ0v) is 25.3. The molecule has 0 aromatic heterocycles. The summed E-state index contributed by atoms with van der Waals surface area (Å²) in [5.74, 6) is -1.10. The van der Waals surface area contributed by atoms with Gasteiger partial charge in [-0.2, -0.15) is 0 Å². The van der Waals surface area contributed by atoms with Crippen molar-refractivity contribution in [1.82, 2.24) is 0 Å². The first-order valence-corrected chi connectivity index (χ1v) is 19.1. The van der Waals surface area contributed by atoms with Crippen molar-refractivity contribution in [1.29, 1.82) is 0 Å². The van der Waals surface area contributed by atoms with Gasteiger partial charge in [0.1, 0.15) is 0 Å². The molecule has 0 N–H and O–H groups in total. The molecule has 4 nitrogen and oxygen atoms in total. The summed E-state index contributed by atoms with van der Waals surface area (Å²) in [6, 6.07) is 41.2. The minimum absolute atomic E-state index is 0.379. The quantitative estimate of drug-likeness (QED) is 0.214. The van der Waals surface area contributed by atoms with Crippen molar-refractivity contribution in [3.63, 3.8) is 0 Å². The van der Waals surface area contributed by atoms with Gasteiger partial charge in [0.25, 0.3) is 0 Å². The van der Waals surface area contributed by atoms with E-state index >= 15 is 0 Å². The molecule has 0 fully saturated rings. The average Bonchev–Trinajstić information content (AvgIpc) is 2.97. The van der Waals surface area contributed by atoms with Crippen LogP contribution >= 0.6 is 0 Å². The Morgan fingerprint density at radius 3 is 1.07 bits per heavy atom. The maximum absolute atomic E-state index is 14.2. The molecule has 0 saturated heterocycles. The molecule has 5 heteroatoms. The number of hydrogen-bond acceptors (Lipinski definition) is 4. The molecule has 0 heterocycles. The summed E-state index contributed by atoms with van der Waals surface area (Å²) in [4.78, 5) is 28.4. The van der Waals surface area contributed by atoms with E-state index in [1.165, 1.54) is 0 Å². The van der Waals surface area contributed by atoms with E-state index in [1.807, 2.05) is 106 Å². The third kappa shape index (κ3) is 4.96. The summed E-state index contributed by atoms with van der Waals surface area (Å²) in [5.41, 5.74) is 3.64. The standard InChI is InChI=1S/2C7H6O2.3C7H7.Sb/c2*8-7(9)6-4-2-1-3-5-6;3*1-7-5-3-2-4-6-7;/h2*1-5H,(H,8,9);3*2-3,5-6H,1H3;/q;;;;;+2/p-2. The Hall–Kier alpha value is -4.14. The van der Waals surface area contributed by atoms with E-state index in [4.69, 9.17) is 6.03 Å². The predicted molar refractivity (Wildman–Crippen MR) is 162 cm³/mol. The number of hydrogen-bond donors (Lipinski definition) is 0. The van der Waals surface area contributed by atoms with E-state index in [-0.39, 0.29) is 0 Å². The van der Waals surface area contributed by atoms with Gasteiger partial charge < -0.3 is 0 Å². The van der Waals surface area contributed by atoms with E-state index in [0.29, 0.717) is 21.7 Å². The topological polar surface area (TPSA) is 52.6 Å². The van der Waals surface area contributed by atoms with Gasteiger partial charge in [-0.15, -0.1) is 0 Å². The number of carbonyl (C=O) groups excluding carboxylic acids is 2. The molecule has 5 aromatic carbocycles. The van der Waals surface area contributed by atoms with Gasteiger partial charge in [-0.25, -0.2) is 0 Å². The number of carbonyl (C=O) groups is 2. The molecule has 0 atom stereocenters. The third-order valence-corrected chi connectivity index (χ3v) is 20.3. The number of aryl methyl sites for hydroxylation is 3. The van der Waals surface area contributed by atoms with Crippen LogP contribution < -0.4 is 10.5 Å². The molecule has 0 bridgehead atoms. The summed E-state index contributed by atoms with van der Waals surface area (Å²) < 4.78 is 16.0. The summed E-state index contributed by atoms with van der Waals surface area (Å²) in [7, 11) is 0. The minimum atomic E-state index is -6.02. The molecular weight excluding hydrogens is 606 g/mol. The molecule has 200 valence electrons. The van der Waals surface area contributed by atoms with Crippen LogP contribution in [-0.4, -0.2) is 30.2 Å². The zero-order chi connectivity index (χ0) is 28.2. The average molecular weight is 637 g/mol. The van der Waals surface area contributed by atoms with E-state index in [1.54, 1.807) is 48.5 Å². The Morgan fingerprint density at radius 1 is 0.450 bits per heavy atom. The molecule has 0 spiro atoms. The van der Waals surface area contributed by atoms with Crippen LogP contribution in [-0.2, 0) is 6.03 Å². The number of benzene rings is 5. The predicted octanol–water partition coefficient (Wildman–Crippen LogP) is 5.74. The van der Waals surface area contributed by atoms with Gasteiger partial charge in [-0.05, 0) is 0 Å². The molecule has 0 saturated carbocycles.